The van der Waals surface area contributed by atoms with Crippen molar-refractivity contribution in [2.75, 3.05) is 17.1 Å². The smallest absolute Gasteiger partial charge is 0.244 e. The van der Waals surface area contributed by atoms with Gasteiger partial charge in [-0.3, -0.25) is 13.9 Å². The van der Waals surface area contributed by atoms with Gasteiger partial charge in [0.1, 0.15) is 12.6 Å². The summed E-state index contributed by atoms with van der Waals surface area (Å²) in [5, 5.41) is 3.07. The van der Waals surface area contributed by atoms with Gasteiger partial charge in [0.25, 0.3) is 0 Å². The van der Waals surface area contributed by atoms with E-state index in [4.69, 9.17) is 0 Å². The number of nitrogens with one attached hydrogen (secondary N) is 1. The molecule has 1 saturated carbocycles. The highest BCUT2D eigenvalue weighted by Gasteiger charge is 2.32. The van der Waals surface area contributed by atoms with E-state index < -0.39 is 22.0 Å². The molecule has 0 unspecified atom stereocenters. The lowest BCUT2D eigenvalue weighted by atomic mass is 10.1. The average molecular weight is 486 g/mol. The summed E-state index contributed by atoms with van der Waals surface area (Å²) in [7, 11) is -3.74. The van der Waals surface area contributed by atoms with Crippen molar-refractivity contribution in [3.05, 3.63) is 65.2 Å². The van der Waals surface area contributed by atoms with Gasteiger partial charge in [0, 0.05) is 12.6 Å². The van der Waals surface area contributed by atoms with Gasteiger partial charge >= 0.3 is 0 Å². The molecular formula is C26H35N3O4S. The highest BCUT2D eigenvalue weighted by Crippen LogP contribution is 2.27. The molecule has 184 valence electrons. The summed E-state index contributed by atoms with van der Waals surface area (Å²) in [6.45, 7) is 5.19. The Morgan fingerprint density at radius 2 is 1.59 bits per heavy atom. The van der Waals surface area contributed by atoms with E-state index in [-0.39, 0.29) is 25.0 Å². The van der Waals surface area contributed by atoms with E-state index >= 15 is 0 Å². The number of hydrogen-bond donors (Lipinski definition) is 1. The van der Waals surface area contributed by atoms with Crippen LogP contribution < -0.4 is 9.62 Å². The van der Waals surface area contributed by atoms with Crippen molar-refractivity contribution >= 4 is 27.5 Å². The molecule has 2 aromatic carbocycles. The Labute approximate surface area is 203 Å². The number of carbonyl (C=O) groups excluding carboxylic acids is 2. The first-order chi connectivity index (χ1) is 16.1. The normalized spacial score (nSPS) is 15.1. The van der Waals surface area contributed by atoms with Gasteiger partial charge in [-0.15, -0.1) is 0 Å². The second kappa shape index (κ2) is 11.0. The van der Waals surface area contributed by atoms with E-state index in [1.807, 2.05) is 62.4 Å². The van der Waals surface area contributed by atoms with E-state index in [0.29, 0.717) is 5.69 Å². The van der Waals surface area contributed by atoms with Crippen molar-refractivity contribution < 1.29 is 18.0 Å². The molecule has 0 spiro atoms. The lowest BCUT2D eigenvalue weighted by Crippen LogP contribution is -2.52. The molecule has 0 aromatic heterocycles. The number of benzene rings is 2. The Morgan fingerprint density at radius 3 is 2.15 bits per heavy atom. The summed E-state index contributed by atoms with van der Waals surface area (Å²) < 4.78 is 26.7. The molecule has 2 aromatic rings. The van der Waals surface area contributed by atoms with Gasteiger partial charge < -0.3 is 10.2 Å². The van der Waals surface area contributed by atoms with Crippen LogP contribution in [0, 0.1) is 13.8 Å². The molecule has 7 nitrogen and oxygen atoms in total. The van der Waals surface area contributed by atoms with Crippen molar-refractivity contribution in [1.29, 1.82) is 0 Å². The first-order valence-corrected chi connectivity index (χ1v) is 13.6. The topological polar surface area (TPSA) is 86.8 Å². The van der Waals surface area contributed by atoms with Crippen molar-refractivity contribution in [2.45, 2.75) is 65.1 Å². The molecule has 0 saturated heterocycles. The minimum absolute atomic E-state index is 0.130. The Kier molecular flexibility index (Phi) is 8.36. The first-order valence-electron chi connectivity index (χ1n) is 11.8. The number of nitrogens with zero attached hydrogens (tertiary/aromatic N) is 2. The molecule has 0 radical (unpaired) electrons. The summed E-state index contributed by atoms with van der Waals surface area (Å²) >= 11 is 0. The van der Waals surface area contributed by atoms with Gasteiger partial charge in [-0.1, -0.05) is 61.4 Å². The minimum Gasteiger partial charge on any atom is -0.352 e. The van der Waals surface area contributed by atoms with Gasteiger partial charge in [-0.25, -0.2) is 8.42 Å². The maximum Gasteiger partial charge on any atom is 0.244 e. The molecule has 0 bridgehead atoms. The van der Waals surface area contributed by atoms with E-state index in [1.165, 1.54) is 4.90 Å². The van der Waals surface area contributed by atoms with Crippen LogP contribution in [0.3, 0.4) is 0 Å². The lowest BCUT2D eigenvalue weighted by molar-refractivity contribution is -0.139. The van der Waals surface area contributed by atoms with Gasteiger partial charge in [0.2, 0.25) is 21.8 Å². The average Bonchev–Trinajstić information content (AvgIpc) is 3.29. The molecule has 1 aliphatic rings. The summed E-state index contributed by atoms with van der Waals surface area (Å²) in [5.41, 5.74) is 2.90. The van der Waals surface area contributed by atoms with E-state index in [9.17, 15) is 18.0 Å². The third-order valence-electron chi connectivity index (χ3n) is 6.43. The molecule has 0 aliphatic heterocycles. The van der Waals surface area contributed by atoms with Crippen LogP contribution >= 0.6 is 0 Å². The van der Waals surface area contributed by atoms with E-state index in [2.05, 4.69) is 5.32 Å². The number of aryl methyl sites for hydroxylation is 2. The third-order valence-corrected chi connectivity index (χ3v) is 7.55. The second-order valence-corrected chi connectivity index (χ2v) is 11.1. The van der Waals surface area contributed by atoms with Crippen molar-refractivity contribution in [1.82, 2.24) is 10.2 Å². The third kappa shape index (κ3) is 6.38. The largest absolute Gasteiger partial charge is 0.352 e. The summed E-state index contributed by atoms with van der Waals surface area (Å²) in [6, 6.07) is 14.3. The van der Waals surface area contributed by atoms with Gasteiger partial charge in [-0.05, 0) is 50.3 Å². The molecule has 34 heavy (non-hydrogen) atoms. The van der Waals surface area contributed by atoms with Crippen LogP contribution in [0.15, 0.2) is 48.5 Å². The van der Waals surface area contributed by atoms with Crippen LogP contribution in [0.25, 0.3) is 0 Å². The lowest BCUT2D eigenvalue weighted by Gasteiger charge is -2.32. The Hall–Kier alpha value is -2.87. The van der Waals surface area contributed by atoms with Gasteiger partial charge in [0.05, 0.1) is 11.9 Å². The molecule has 1 N–H and O–H groups in total. The maximum atomic E-state index is 13.6. The molecule has 1 atom stereocenters. The number of rotatable bonds is 9. The van der Waals surface area contributed by atoms with Gasteiger partial charge in [-0.2, -0.15) is 0 Å². The fourth-order valence-corrected chi connectivity index (χ4v) is 5.49. The zero-order valence-electron chi connectivity index (χ0n) is 20.5. The number of para-hydroxylation sites is 1. The highest BCUT2D eigenvalue weighted by atomic mass is 32.2. The number of carbonyl (C=O) groups is 2. The number of sulfonamides is 1. The second-order valence-electron chi connectivity index (χ2n) is 9.18. The fourth-order valence-electron chi connectivity index (χ4n) is 4.53. The molecule has 3 rings (SSSR count). The van der Waals surface area contributed by atoms with Crippen LogP contribution in [0.5, 0.6) is 0 Å². The molecule has 8 heteroatoms. The number of amides is 2. The van der Waals surface area contributed by atoms with E-state index in [0.717, 1.165) is 52.9 Å². The molecule has 1 fully saturated rings. The Morgan fingerprint density at radius 1 is 1.00 bits per heavy atom. The molecule has 1 aliphatic carbocycles. The van der Waals surface area contributed by atoms with Crippen LogP contribution in [0.4, 0.5) is 5.69 Å². The Balaban J connectivity index is 1.90. The monoisotopic (exact) mass is 485 g/mol. The van der Waals surface area contributed by atoms with Crippen LogP contribution in [-0.4, -0.2) is 50.0 Å². The minimum atomic E-state index is -3.74. The van der Waals surface area contributed by atoms with Crippen molar-refractivity contribution in [2.24, 2.45) is 0 Å². The zero-order chi connectivity index (χ0) is 24.9. The standard InChI is InChI=1S/C26H35N3O4S/c1-19-11-10-12-20(2)25(19)29(34(4,32)33)18-24(30)28(17-22-13-6-5-7-14-22)21(3)26(31)27-23-15-8-9-16-23/h5-7,10-14,21,23H,8-9,15-18H2,1-4H3,(H,27,31)/t21-/m0/s1. The van der Waals surface area contributed by atoms with Gasteiger partial charge in [0.15, 0.2) is 0 Å². The summed E-state index contributed by atoms with van der Waals surface area (Å²) in [4.78, 5) is 28.2. The first kappa shape index (κ1) is 25.7. The summed E-state index contributed by atoms with van der Waals surface area (Å²) in [5.74, 6) is -0.639. The predicted octanol–water partition coefficient (Wildman–Crippen LogP) is 3.55. The SMILES string of the molecule is Cc1cccc(C)c1N(CC(=O)N(Cc1ccccc1)[C@@H](C)C(=O)NC1CCCC1)S(C)(=O)=O. The summed E-state index contributed by atoms with van der Waals surface area (Å²) in [6.07, 6.45) is 5.17. The van der Waals surface area contributed by atoms with Crippen molar-refractivity contribution in [3.8, 4) is 0 Å². The van der Waals surface area contributed by atoms with Crippen LogP contribution in [-0.2, 0) is 26.2 Å². The van der Waals surface area contributed by atoms with Crippen molar-refractivity contribution in [3.63, 3.8) is 0 Å². The fraction of sp³-hybridized carbons (Fsp3) is 0.462. The molecule has 2 amide bonds. The highest BCUT2D eigenvalue weighted by molar-refractivity contribution is 7.92. The Bertz CT molecular complexity index is 1090. The number of hydrogen-bond acceptors (Lipinski definition) is 4. The molecular weight excluding hydrogens is 450 g/mol. The zero-order valence-corrected chi connectivity index (χ0v) is 21.3. The molecule has 0 heterocycles. The van der Waals surface area contributed by atoms with E-state index in [1.54, 1.807) is 6.92 Å². The van der Waals surface area contributed by atoms with Crippen LogP contribution in [0.1, 0.15) is 49.3 Å². The van der Waals surface area contributed by atoms with Crippen LogP contribution in [0.2, 0.25) is 0 Å². The predicted molar refractivity (Wildman–Crippen MR) is 135 cm³/mol. The quantitative estimate of drug-likeness (QED) is 0.589. The maximum absolute atomic E-state index is 13.6. The number of anilines is 1.